The van der Waals surface area contributed by atoms with Gasteiger partial charge >= 0.3 is 0 Å². The van der Waals surface area contributed by atoms with E-state index in [2.05, 4.69) is 5.32 Å². The van der Waals surface area contributed by atoms with E-state index in [1.807, 2.05) is 31.2 Å². The van der Waals surface area contributed by atoms with E-state index in [9.17, 15) is 0 Å². The van der Waals surface area contributed by atoms with Crippen molar-refractivity contribution in [2.75, 3.05) is 17.9 Å². The Morgan fingerprint density at radius 3 is 2.50 bits per heavy atom. The second-order valence-corrected chi connectivity index (χ2v) is 2.54. The lowest BCUT2D eigenvalue weighted by atomic mass is 10.3. The van der Waals surface area contributed by atoms with Crippen molar-refractivity contribution in [1.29, 1.82) is 0 Å². The molecule has 0 radical (unpaired) electrons. The second-order valence-electron chi connectivity index (χ2n) is 2.27. The molecule has 0 heterocycles. The molecular weight excluding hydrogens is 174 g/mol. The number of rotatable bonds is 4. The number of hydrogen-bond donors (Lipinski definition) is 1. The van der Waals surface area contributed by atoms with Crippen LogP contribution in [-0.2, 0) is 0 Å². The zero-order valence-electron chi connectivity index (χ0n) is 7.01. The van der Waals surface area contributed by atoms with Crippen LogP contribution in [0.3, 0.4) is 0 Å². The summed E-state index contributed by atoms with van der Waals surface area (Å²) in [6.45, 7) is 2.66. The Labute approximate surface area is 77.5 Å². The summed E-state index contributed by atoms with van der Waals surface area (Å²) in [5.41, 5.74) is 1.01. The predicted molar refractivity (Wildman–Crippen MR) is 52.0 cm³/mol. The Morgan fingerprint density at radius 1 is 1.33 bits per heavy atom. The van der Waals surface area contributed by atoms with E-state index >= 15 is 0 Å². The summed E-state index contributed by atoms with van der Waals surface area (Å²) >= 11 is 5.49. The molecule has 1 aromatic rings. The van der Waals surface area contributed by atoms with Crippen LogP contribution < -0.4 is 10.1 Å². The topological polar surface area (TPSA) is 21.3 Å². The van der Waals surface area contributed by atoms with Gasteiger partial charge in [0.05, 0.1) is 12.6 Å². The zero-order valence-corrected chi connectivity index (χ0v) is 7.77. The van der Waals surface area contributed by atoms with Crippen molar-refractivity contribution in [2.45, 2.75) is 6.92 Å². The Bertz CT molecular complexity index is 197. The first-order chi connectivity index (χ1) is 5.86. The molecule has 2 nitrogen and oxygen atoms in total. The number of nitrogens with one attached hydrogen (secondary N) is 1. The van der Waals surface area contributed by atoms with Crippen LogP contribution in [0.5, 0.6) is 5.75 Å². The third kappa shape index (κ3) is 2.62. The summed E-state index contributed by atoms with van der Waals surface area (Å²) in [6, 6.07) is 8.13. The van der Waals surface area contributed by atoms with Crippen LogP contribution in [0, 0.1) is 0 Å². The minimum absolute atomic E-state index is 0.425. The lowest BCUT2D eigenvalue weighted by Gasteiger charge is -2.04. The number of benzene rings is 1. The summed E-state index contributed by atoms with van der Waals surface area (Å²) in [5, 5.41) is 2.99. The fraction of sp³-hybridized carbons (Fsp3) is 0.333. The second kappa shape index (κ2) is 4.88. The van der Waals surface area contributed by atoms with Gasteiger partial charge in [0.2, 0.25) is 0 Å². The van der Waals surface area contributed by atoms with E-state index < -0.39 is 0 Å². The summed E-state index contributed by atoms with van der Waals surface area (Å²) < 4.78 is 5.28. The van der Waals surface area contributed by atoms with Crippen LogP contribution >= 0.6 is 11.6 Å². The van der Waals surface area contributed by atoms with Crippen molar-refractivity contribution in [3.05, 3.63) is 24.3 Å². The number of alkyl halides is 1. The van der Waals surface area contributed by atoms with Crippen molar-refractivity contribution in [2.24, 2.45) is 0 Å². The quantitative estimate of drug-likeness (QED) is 0.575. The minimum atomic E-state index is 0.425. The molecular formula is C9H12ClNO. The predicted octanol–water partition coefficient (Wildman–Crippen LogP) is 2.69. The molecule has 1 aromatic carbocycles. The standard InChI is InChI=1S/C9H12ClNO/c1-2-12-9-5-3-8(4-6-9)11-7-10/h3-6,11H,2,7H2,1H3. The first-order valence-corrected chi connectivity index (χ1v) is 4.43. The highest BCUT2D eigenvalue weighted by Gasteiger charge is 1.91. The first-order valence-electron chi connectivity index (χ1n) is 3.89. The van der Waals surface area contributed by atoms with Crippen LogP contribution in [-0.4, -0.2) is 12.6 Å². The van der Waals surface area contributed by atoms with E-state index in [4.69, 9.17) is 16.3 Å². The SMILES string of the molecule is CCOc1ccc(NCCl)cc1. The minimum Gasteiger partial charge on any atom is -0.494 e. The smallest absolute Gasteiger partial charge is 0.119 e. The molecule has 0 saturated heterocycles. The molecule has 0 bridgehead atoms. The molecule has 1 N–H and O–H groups in total. The molecule has 0 aliphatic rings. The average Bonchev–Trinajstić information content (AvgIpc) is 2.09. The van der Waals surface area contributed by atoms with Gasteiger partial charge in [-0.25, -0.2) is 0 Å². The molecule has 0 atom stereocenters. The first kappa shape index (κ1) is 9.20. The number of halogens is 1. The highest BCUT2D eigenvalue weighted by molar-refractivity contribution is 6.18. The maximum absolute atomic E-state index is 5.49. The fourth-order valence-corrected chi connectivity index (χ4v) is 1.07. The van der Waals surface area contributed by atoms with Crippen molar-refractivity contribution < 1.29 is 4.74 Å². The molecule has 12 heavy (non-hydrogen) atoms. The molecule has 0 unspecified atom stereocenters. The Kier molecular flexibility index (Phi) is 3.74. The van der Waals surface area contributed by atoms with Crippen molar-refractivity contribution in [3.8, 4) is 5.75 Å². The molecule has 0 amide bonds. The maximum Gasteiger partial charge on any atom is 0.119 e. The summed E-state index contributed by atoms with van der Waals surface area (Å²) in [7, 11) is 0. The average molecular weight is 186 g/mol. The van der Waals surface area contributed by atoms with E-state index in [0.29, 0.717) is 12.6 Å². The lowest BCUT2D eigenvalue weighted by Crippen LogP contribution is -1.94. The number of hydrogen-bond acceptors (Lipinski definition) is 2. The van der Waals surface area contributed by atoms with Gasteiger partial charge in [-0.2, -0.15) is 0 Å². The Hall–Kier alpha value is -0.890. The highest BCUT2D eigenvalue weighted by atomic mass is 35.5. The largest absolute Gasteiger partial charge is 0.494 e. The fourth-order valence-electron chi connectivity index (χ4n) is 0.913. The molecule has 66 valence electrons. The molecule has 0 spiro atoms. The van der Waals surface area contributed by atoms with E-state index in [1.165, 1.54) is 0 Å². The summed E-state index contributed by atoms with van der Waals surface area (Å²) in [6.07, 6.45) is 0. The van der Waals surface area contributed by atoms with E-state index in [0.717, 1.165) is 11.4 Å². The molecule has 0 fully saturated rings. The van der Waals surface area contributed by atoms with Crippen LogP contribution in [0.2, 0.25) is 0 Å². The Morgan fingerprint density at radius 2 is 2.00 bits per heavy atom. The van der Waals surface area contributed by atoms with E-state index in [1.54, 1.807) is 0 Å². The summed E-state index contributed by atoms with van der Waals surface area (Å²) in [4.78, 5) is 0. The van der Waals surface area contributed by atoms with Gasteiger partial charge in [0.25, 0.3) is 0 Å². The summed E-state index contributed by atoms with van der Waals surface area (Å²) in [5.74, 6) is 0.887. The zero-order chi connectivity index (χ0) is 8.81. The molecule has 3 heteroatoms. The van der Waals surface area contributed by atoms with Gasteiger partial charge in [0, 0.05) is 5.69 Å². The van der Waals surface area contributed by atoms with Crippen molar-refractivity contribution in [1.82, 2.24) is 0 Å². The number of anilines is 1. The van der Waals surface area contributed by atoms with Crippen molar-refractivity contribution in [3.63, 3.8) is 0 Å². The number of ether oxygens (including phenoxy) is 1. The Balaban J connectivity index is 2.58. The maximum atomic E-state index is 5.49. The van der Waals surface area contributed by atoms with Gasteiger partial charge in [0.1, 0.15) is 5.75 Å². The normalized spacial score (nSPS) is 9.50. The highest BCUT2D eigenvalue weighted by Crippen LogP contribution is 2.15. The van der Waals surface area contributed by atoms with Crippen LogP contribution in [0.4, 0.5) is 5.69 Å². The van der Waals surface area contributed by atoms with Gasteiger partial charge < -0.3 is 10.1 Å². The van der Waals surface area contributed by atoms with Gasteiger partial charge in [-0.1, -0.05) is 0 Å². The van der Waals surface area contributed by atoms with Gasteiger partial charge in [-0.05, 0) is 31.2 Å². The van der Waals surface area contributed by atoms with Crippen LogP contribution in [0.15, 0.2) is 24.3 Å². The van der Waals surface area contributed by atoms with Gasteiger partial charge in [0.15, 0.2) is 0 Å². The monoisotopic (exact) mass is 185 g/mol. The van der Waals surface area contributed by atoms with Crippen LogP contribution in [0.1, 0.15) is 6.92 Å². The lowest BCUT2D eigenvalue weighted by molar-refractivity contribution is 0.340. The van der Waals surface area contributed by atoms with Gasteiger partial charge in [-0.3, -0.25) is 0 Å². The molecule has 0 saturated carbocycles. The molecule has 0 aliphatic carbocycles. The van der Waals surface area contributed by atoms with Crippen LogP contribution in [0.25, 0.3) is 0 Å². The molecule has 0 aromatic heterocycles. The molecule has 1 rings (SSSR count). The molecule has 0 aliphatic heterocycles. The third-order valence-corrected chi connectivity index (χ3v) is 1.57. The van der Waals surface area contributed by atoms with Crippen molar-refractivity contribution >= 4 is 17.3 Å². The third-order valence-electron chi connectivity index (χ3n) is 1.44. The van der Waals surface area contributed by atoms with E-state index in [-0.39, 0.29) is 0 Å². The van der Waals surface area contributed by atoms with Gasteiger partial charge in [-0.15, -0.1) is 11.6 Å².